The highest BCUT2D eigenvalue weighted by molar-refractivity contribution is 5.87. The minimum absolute atomic E-state index is 0.114. The van der Waals surface area contributed by atoms with Crippen molar-refractivity contribution in [2.75, 3.05) is 27.2 Å². The van der Waals surface area contributed by atoms with Crippen LogP contribution in [-0.2, 0) is 16.0 Å². The molecule has 4 rings (SSSR count). The van der Waals surface area contributed by atoms with Crippen LogP contribution in [0.5, 0.6) is 0 Å². The number of likely N-dealkylation sites (N-methyl/N-ethyl adjacent to an activating group) is 1. The Morgan fingerprint density at radius 1 is 1.22 bits per heavy atom. The Kier molecular flexibility index (Phi) is 5.50. The van der Waals surface area contributed by atoms with Crippen molar-refractivity contribution < 1.29 is 13.9 Å². The van der Waals surface area contributed by atoms with Gasteiger partial charge in [-0.05, 0) is 62.9 Å². The number of amides is 1. The molecule has 2 fully saturated rings. The maximum Gasteiger partial charge on any atom is 0.227 e. The van der Waals surface area contributed by atoms with Crippen molar-refractivity contribution in [1.82, 2.24) is 9.80 Å². The van der Waals surface area contributed by atoms with Gasteiger partial charge in [0.2, 0.25) is 5.91 Å². The van der Waals surface area contributed by atoms with Gasteiger partial charge in [-0.2, -0.15) is 0 Å². The number of furan rings is 1. The van der Waals surface area contributed by atoms with Gasteiger partial charge in [-0.25, -0.2) is 0 Å². The van der Waals surface area contributed by atoms with Gasteiger partial charge in [0.1, 0.15) is 5.58 Å². The van der Waals surface area contributed by atoms with E-state index in [1.807, 2.05) is 36.2 Å². The zero-order valence-electron chi connectivity index (χ0n) is 16.4. The standard InChI is InChI=1S/C22H30N2O3/c1-23(21(25)15-16-7-5-9-19-17(16)11-14-27-19)22-18(24-12-3-4-13-24)8-6-10-20(22)26-2/h5,7,9,11,14,18,20,22H,3-4,6,8,10,12-13,15H2,1-2H3/t18-,20-,22+/m1/s1. The van der Waals surface area contributed by atoms with Gasteiger partial charge in [0.05, 0.1) is 24.8 Å². The predicted octanol–water partition coefficient (Wildman–Crippen LogP) is 3.47. The number of benzene rings is 1. The highest BCUT2D eigenvalue weighted by Crippen LogP contribution is 2.31. The van der Waals surface area contributed by atoms with E-state index in [4.69, 9.17) is 9.15 Å². The molecule has 0 bridgehead atoms. The highest BCUT2D eigenvalue weighted by Gasteiger charge is 2.41. The normalized spacial score (nSPS) is 26.5. The lowest BCUT2D eigenvalue weighted by molar-refractivity contribution is -0.138. The third-order valence-corrected chi connectivity index (χ3v) is 6.44. The summed E-state index contributed by atoms with van der Waals surface area (Å²) < 4.78 is 11.3. The molecule has 146 valence electrons. The summed E-state index contributed by atoms with van der Waals surface area (Å²) in [6, 6.07) is 8.40. The fraction of sp³-hybridized carbons (Fsp3) is 0.591. The van der Waals surface area contributed by atoms with Crippen LogP contribution in [0, 0.1) is 0 Å². The third kappa shape index (κ3) is 3.63. The molecule has 1 saturated carbocycles. The number of rotatable bonds is 5. The first-order chi connectivity index (χ1) is 13.2. The summed E-state index contributed by atoms with van der Waals surface area (Å²) in [4.78, 5) is 17.8. The monoisotopic (exact) mass is 370 g/mol. The summed E-state index contributed by atoms with van der Waals surface area (Å²) in [5.74, 6) is 0.154. The molecule has 2 heterocycles. The molecule has 27 heavy (non-hydrogen) atoms. The first-order valence-corrected chi connectivity index (χ1v) is 10.2. The summed E-state index contributed by atoms with van der Waals surface area (Å²) >= 11 is 0. The summed E-state index contributed by atoms with van der Waals surface area (Å²) in [7, 11) is 3.75. The number of carbonyl (C=O) groups is 1. The average Bonchev–Trinajstić information content (AvgIpc) is 3.38. The lowest BCUT2D eigenvalue weighted by atomic mass is 9.85. The molecule has 5 nitrogen and oxygen atoms in total. The van der Waals surface area contributed by atoms with E-state index in [1.54, 1.807) is 13.4 Å². The summed E-state index contributed by atoms with van der Waals surface area (Å²) in [6.07, 6.45) is 8.08. The van der Waals surface area contributed by atoms with Crippen molar-refractivity contribution in [3.8, 4) is 0 Å². The second-order valence-corrected chi connectivity index (χ2v) is 7.94. The van der Waals surface area contributed by atoms with E-state index in [-0.39, 0.29) is 18.1 Å². The lowest BCUT2D eigenvalue weighted by Gasteiger charge is -2.46. The number of hydrogen-bond acceptors (Lipinski definition) is 4. The van der Waals surface area contributed by atoms with Gasteiger partial charge in [0.15, 0.2) is 0 Å². The van der Waals surface area contributed by atoms with Crippen molar-refractivity contribution >= 4 is 16.9 Å². The Morgan fingerprint density at radius 2 is 2.04 bits per heavy atom. The summed E-state index contributed by atoms with van der Waals surface area (Å²) in [5.41, 5.74) is 1.87. The summed E-state index contributed by atoms with van der Waals surface area (Å²) in [5, 5.41) is 1.03. The number of hydrogen-bond donors (Lipinski definition) is 0. The van der Waals surface area contributed by atoms with Crippen LogP contribution < -0.4 is 0 Å². The molecule has 0 spiro atoms. The van der Waals surface area contributed by atoms with Crippen LogP contribution in [0.3, 0.4) is 0 Å². The first kappa shape index (κ1) is 18.5. The molecule has 1 aromatic heterocycles. The molecule has 0 radical (unpaired) electrons. The van der Waals surface area contributed by atoms with Gasteiger partial charge < -0.3 is 14.1 Å². The maximum absolute atomic E-state index is 13.2. The first-order valence-electron chi connectivity index (χ1n) is 10.2. The Hall–Kier alpha value is -1.85. The van der Waals surface area contributed by atoms with Gasteiger partial charge in [-0.3, -0.25) is 9.69 Å². The van der Waals surface area contributed by atoms with Crippen LogP contribution in [0.25, 0.3) is 11.0 Å². The molecule has 2 aliphatic rings. The van der Waals surface area contributed by atoms with E-state index in [0.29, 0.717) is 12.5 Å². The summed E-state index contributed by atoms with van der Waals surface area (Å²) in [6.45, 7) is 2.29. The Bertz CT molecular complexity index is 781. The molecular formula is C22H30N2O3. The van der Waals surface area contributed by atoms with E-state index in [2.05, 4.69) is 4.90 Å². The van der Waals surface area contributed by atoms with Crippen molar-refractivity contribution in [3.63, 3.8) is 0 Å². The van der Waals surface area contributed by atoms with Crippen molar-refractivity contribution in [3.05, 3.63) is 36.1 Å². The number of carbonyl (C=O) groups excluding carboxylic acids is 1. The number of likely N-dealkylation sites (tertiary alicyclic amines) is 1. The molecule has 1 aliphatic carbocycles. The molecule has 5 heteroatoms. The quantitative estimate of drug-likeness (QED) is 0.809. The van der Waals surface area contributed by atoms with E-state index < -0.39 is 0 Å². The van der Waals surface area contributed by atoms with E-state index >= 15 is 0 Å². The smallest absolute Gasteiger partial charge is 0.227 e. The largest absolute Gasteiger partial charge is 0.464 e. The van der Waals surface area contributed by atoms with Crippen LogP contribution in [-0.4, -0.2) is 61.1 Å². The topological polar surface area (TPSA) is 45.9 Å². The number of nitrogens with zero attached hydrogens (tertiary/aromatic N) is 2. The van der Waals surface area contributed by atoms with E-state index in [0.717, 1.165) is 42.5 Å². The van der Waals surface area contributed by atoms with Crippen molar-refractivity contribution in [1.29, 1.82) is 0 Å². The number of ether oxygens (including phenoxy) is 1. The predicted molar refractivity (Wildman–Crippen MR) is 106 cm³/mol. The number of fused-ring (bicyclic) bond motifs is 1. The molecule has 1 aromatic carbocycles. The van der Waals surface area contributed by atoms with Gasteiger partial charge in [-0.1, -0.05) is 12.1 Å². The molecule has 0 unspecified atom stereocenters. The molecule has 2 aromatic rings. The van der Waals surface area contributed by atoms with Crippen LogP contribution in [0.4, 0.5) is 0 Å². The molecule has 1 saturated heterocycles. The van der Waals surface area contributed by atoms with Gasteiger partial charge in [0, 0.05) is 25.6 Å². The second kappa shape index (κ2) is 8.03. The SMILES string of the molecule is CO[C@@H]1CCC[C@@H](N2CCCC2)[C@@H]1N(C)C(=O)Cc1cccc2occc12. The van der Waals surface area contributed by atoms with Crippen LogP contribution in [0.15, 0.2) is 34.9 Å². The van der Waals surface area contributed by atoms with E-state index in [9.17, 15) is 4.79 Å². The van der Waals surface area contributed by atoms with Crippen molar-refractivity contribution in [2.45, 2.75) is 56.7 Å². The Balaban J connectivity index is 1.55. The molecular weight excluding hydrogens is 340 g/mol. The van der Waals surface area contributed by atoms with Crippen LogP contribution in [0.1, 0.15) is 37.7 Å². The lowest BCUT2D eigenvalue weighted by Crippen LogP contribution is -2.59. The minimum atomic E-state index is 0.114. The van der Waals surface area contributed by atoms with Gasteiger partial charge in [-0.15, -0.1) is 0 Å². The van der Waals surface area contributed by atoms with E-state index in [1.165, 1.54) is 19.3 Å². The zero-order valence-corrected chi connectivity index (χ0v) is 16.4. The van der Waals surface area contributed by atoms with Crippen LogP contribution in [0.2, 0.25) is 0 Å². The average molecular weight is 370 g/mol. The van der Waals surface area contributed by atoms with Gasteiger partial charge >= 0.3 is 0 Å². The molecule has 3 atom stereocenters. The Morgan fingerprint density at radius 3 is 2.81 bits per heavy atom. The fourth-order valence-electron chi connectivity index (χ4n) is 5.02. The molecule has 0 N–H and O–H groups in total. The zero-order chi connectivity index (χ0) is 18.8. The maximum atomic E-state index is 13.2. The number of methoxy groups -OCH3 is 1. The fourth-order valence-corrected chi connectivity index (χ4v) is 5.02. The van der Waals surface area contributed by atoms with Crippen molar-refractivity contribution in [2.24, 2.45) is 0 Å². The minimum Gasteiger partial charge on any atom is -0.464 e. The third-order valence-electron chi connectivity index (χ3n) is 6.44. The van der Waals surface area contributed by atoms with Gasteiger partial charge in [0.25, 0.3) is 0 Å². The molecule has 1 amide bonds. The molecule has 1 aliphatic heterocycles. The highest BCUT2D eigenvalue weighted by atomic mass is 16.5. The Labute approximate surface area is 161 Å². The van der Waals surface area contributed by atoms with Crippen LogP contribution >= 0.6 is 0 Å². The second-order valence-electron chi connectivity index (χ2n) is 7.94.